The van der Waals surface area contributed by atoms with Crippen LogP contribution < -0.4 is 5.32 Å². The minimum absolute atomic E-state index is 0.713. The zero-order valence-corrected chi connectivity index (χ0v) is 12.8. The monoisotopic (exact) mass is 273 g/mol. The summed E-state index contributed by atoms with van der Waals surface area (Å²) < 4.78 is 5.33. The van der Waals surface area contributed by atoms with E-state index in [1.807, 2.05) is 6.92 Å². The summed E-state index contributed by atoms with van der Waals surface area (Å²) in [5.41, 5.74) is 0. The van der Waals surface area contributed by atoms with Crippen molar-refractivity contribution in [2.45, 2.75) is 32.4 Å². The van der Waals surface area contributed by atoms with Gasteiger partial charge in [-0.1, -0.05) is 6.92 Å². The van der Waals surface area contributed by atoms with Crippen LogP contribution in [-0.2, 0) is 4.74 Å². The van der Waals surface area contributed by atoms with Crippen molar-refractivity contribution < 1.29 is 4.74 Å². The van der Waals surface area contributed by atoms with E-state index >= 15 is 0 Å². The predicted molar refractivity (Wildman–Crippen MR) is 80.6 cm³/mol. The zero-order chi connectivity index (χ0) is 13.2. The maximum Gasteiger partial charge on any atom is 0.194 e. The van der Waals surface area contributed by atoms with Crippen molar-refractivity contribution in [3.8, 4) is 0 Å². The molecule has 0 aliphatic carbocycles. The molecule has 0 spiro atoms. The minimum atomic E-state index is 0.713. The number of ether oxygens (including phenoxy) is 1. The molecule has 1 atom stereocenters. The molecular formula is C13H27N3OS. The maximum atomic E-state index is 5.33. The van der Waals surface area contributed by atoms with Gasteiger partial charge >= 0.3 is 0 Å². The molecule has 1 heterocycles. The van der Waals surface area contributed by atoms with Crippen LogP contribution in [0.25, 0.3) is 0 Å². The Bertz CT molecular complexity index is 248. The summed E-state index contributed by atoms with van der Waals surface area (Å²) >= 11 is 2.09. The van der Waals surface area contributed by atoms with Gasteiger partial charge in [-0.15, -0.1) is 0 Å². The van der Waals surface area contributed by atoms with Crippen molar-refractivity contribution >= 4 is 17.7 Å². The summed E-state index contributed by atoms with van der Waals surface area (Å²) in [6.45, 7) is 11.8. The number of aliphatic imine (C=N–C) groups is 1. The molecule has 1 rings (SSSR count). The summed E-state index contributed by atoms with van der Waals surface area (Å²) in [5.74, 6) is 2.25. The Morgan fingerprint density at radius 1 is 1.44 bits per heavy atom. The lowest BCUT2D eigenvalue weighted by Crippen LogP contribution is -2.48. The molecule has 1 aliphatic heterocycles. The Morgan fingerprint density at radius 2 is 2.28 bits per heavy atom. The second-order valence-corrected chi connectivity index (χ2v) is 5.69. The smallest absolute Gasteiger partial charge is 0.194 e. The molecule has 0 aromatic rings. The average Bonchev–Trinajstić information content (AvgIpc) is 2.42. The first kappa shape index (κ1) is 15.6. The Kier molecular flexibility index (Phi) is 8.25. The summed E-state index contributed by atoms with van der Waals surface area (Å²) in [7, 11) is 0. The molecule has 4 nitrogen and oxygen atoms in total. The molecule has 0 aromatic carbocycles. The van der Waals surface area contributed by atoms with Crippen molar-refractivity contribution in [1.82, 2.24) is 10.2 Å². The number of hydrogen-bond acceptors (Lipinski definition) is 3. The predicted octanol–water partition coefficient (Wildman–Crippen LogP) is 1.82. The van der Waals surface area contributed by atoms with Gasteiger partial charge in [0.25, 0.3) is 0 Å². The Hall–Kier alpha value is -0.420. The lowest BCUT2D eigenvalue weighted by Gasteiger charge is -2.34. The number of nitrogens with zero attached hydrogens (tertiary/aromatic N) is 2. The molecule has 0 radical (unpaired) electrons. The molecular weight excluding hydrogens is 246 g/mol. The molecule has 0 amide bonds. The van der Waals surface area contributed by atoms with Gasteiger partial charge in [0, 0.05) is 37.2 Å². The van der Waals surface area contributed by atoms with E-state index in [1.54, 1.807) is 0 Å². The molecule has 1 unspecified atom stereocenters. The second kappa shape index (κ2) is 9.50. The first-order chi connectivity index (χ1) is 8.81. The minimum Gasteiger partial charge on any atom is -0.380 e. The third-order valence-electron chi connectivity index (χ3n) is 2.93. The Morgan fingerprint density at radius 3 is 2.94 bits per heavy atom. The molecule has 1 aliphatic rings. The maximum absolute atomic E-state index is 5.33. The molecule has 0 saturated carbocycles. The van der Waals surface area contributed by atoms with Gasteiger partial charge in [0.2, 0.25) is 0 Å². The van der Waals surface area contributed by atoms with Crippen molar-refractivity contribution in [3.05, 3.63) is 0 Å². The third kappa shape index (κ3) is 5.48. The second-order valence-electron chi connectivity index (χ2n) is 4.28. The van der Waals surface area contributed by atoms with Gasteiger partial charge in [-0.2, -0.15) is 11.8 Å². The average molecular weight is 273 g/mol. The topological polar surface area (TPSA) is 36.9 Å². The van der Waals surface area contributed by atoms with E-state index in [9.17, 15) is 0 Å². The van der Waals surface area contributed by atoms with Crippen LogP contribution in [0.1, 0.15) is 27.2 Å². The molecule has 18 heavy (non-hydrogen) atoms. The van der Waals surface area contributed by atoms with Crippen LogP contribution >= 0.6 is 11.8 Å². The van der Waals surface area contributed by atoms with Crippen LogP contribution in [0.5, 0.6) is 0 Å². The van der Waals surface area contributed by atoms with Crippen LogP contribution in [0.2, 0.25) is 0 Å². The van der Waals surface area contributed by atoms with E-state index < -0.39 is 0 Å². The lowest BCUT2D eigenvalue weighted by atomic mass is 10.3. The van der Waals surface area contributed by atoms with Crippen molar-refractivity contribution in [2.75, 3.05) is 45.1 Å². The fourth-order valence-electron chi connectivity index (χ4n) is 1.94. The summed E-state index contributed by atoms with van der Waals surface area (Å²) in [5, 5.41) is 4.13. The third-order valence-corrected chi connectivity index (χ3v) is 4.30. The van der Waals surface area contributed by atoms with Crippen molar-refractivity contribution in [1.29, 1.82) is 0 Å². The van der Waals surface area contributed by atoms with Crippen LogP contribution in [0.15, 0.2) is 4.99 Å². The summed E-state index contributed by atoms with van der Waals surface area (Å²) in [6, 6.07) is 0. The summed E-state index contributed by atoms with van der Waals surface area (Å²) in [6.07, 6.45) is 1.24. The molecule has 0 aromatic heterocycles. The largest absolute Gasteiger partial charge is 0.380 e. The van der Waals surface area contributed by atoms with E-state index in [-0.39, 0.29) is 0 Å². The highest BCUT2D eigenvalue weighted by Gasteiger charge is 2.21. The normalized spacial score (nSPS) is 21.2. The number of guanidine groups is 1. The number of thioether (sulfide) groups is 1. The number of rotatable bonds is 6. The van der Waals surface area contributed by atoms with E-state index in [2.05, 4.69) is 40.8 Å². The SMILES string of the molecule is CCNC(=NCCOCC)N1CCSC(CC)C1. The van der Waals surface area contributed by atoms with Crippen molar-refractivity contribution in [3.63, 3.8) is 0 Å². The van der Waals surface area contributed by atoms with E-state index in [0.29, 0.717) is 6.61 Å². The first-order valence-electron chi connectivity index (χ1n) is 7.04. The highest BCUT2D eigenvalue weighted by Crippen LogP contribution is 2.20. The quantitative estimate of drug-likeness (QED) is 0.455. The molecule has 1 N–H and O–H groups in total. The van der Waals surface area contributed by atoms with Crippen LogP contribution in [0.3, 0.4) is 0 Å². The summed E-state index contributed by atoms with van der Waals surface area (Å²) in [4.78, 5) is 7.03. The fraction of sp³-hybridized carbons (Fsp3) is 0.923. The van der Waals surface area contributed by atoms with Crippen LogP contribution in [0.4, 0.5) is 0 Å². The van der Waals surface area contributed by atoms with Gasteiger partial charge in [0.1, 0.15) is 0 Å². The molecule has 0 bridgehead atoms. The highest BCUT2D eigenvalue weighted by molar-refractivity contribution is 8.00. The van der Waals surface area contributed by atoms with Crippen molar-refractivity contribution in [2.24, 2.45) is 4.99 Å². The molecule has 1 fully saturated rings. The lowest BCUT2D eigenvalue weighted by molar-refractivity contribution is 0.155. The van der Waals surface area contributed by atoms with E-state index in [0.717, 1.165) is 44.0 Å². The van der Waals surface area contributed by atoms with E-state index in [4.69, 9.17) is 4.74 Å². The standard InChI is InChI=1S/C13H27N3OS/c1-4-12-11-16(8-10-18-12)13(14-5-2)15-7-9-17-6-3/h12H,4-11H2,1-3H3,(H,14,15). The number of hydrogen-bond donors (Lipinski definition) is 1. The van der Waals surface area contributed by atoms with Crippen LogP contribution in [0, 0.1) is 0 Å². The van der Waals surface area contributed by atoms with Gasteiger partial charge < -0.3 is 15.0 Å². The highest BCUT2D eigenvalue weighted by atomic mass is 32.2. The molecule has 106 valence electrons. The van der Waals surface area contributed by atoms with Gasteiger partial charge in [0.15, 0.2) is 5.96 Å². The van der Waals surface area contributed by atoms with Crippen LogP contribution in [-0.4, -0.2) is 61.3 Å². The first-order valence-corrected chi connectivity index (χ1v) is 8.09. The van der Waals surface area contributed by atoms with Gasteiger partial charge in [-0.25, -0.2) is 0 Å². The van der Waals surface area contributed by atoms with Gasteiger partial charge in [-0.3, -0.25) is 4.99 Å². The van der Waals surface area contributed by atoms with Gasteiger partial charge in [0.05, 0.1) is 13.2 Å². The number of nitrogens with one attached hydrogen (secondary N) is 1. The Labute approximate surface area is 116 Å². The molecule has 5 heteroatoms. The fourth-order valence-corrected chi connectivity index (χ4v) is 3.13. The zero-order valence-electron chi connectivity index (χ0n) is 11.9. The van der Waals surface area contributed by atoms with Gasteiger partial charge in [-0.05, 0) is 20.3 Å². The Balaban J connectivity index is 2.48. The molecule has 1 saturated heterocycles. The van der Waals surface area contributed by atoms with E-state index in [1.165, 1.54) is 12.2 Å².